The van der Waals surface area contributed by atoms with Crippen LogP contribution in [-0.2, 0) is 0 Å². The largest absolute Gasteiger partial charge is 0.324 e. The fourth-order valence-corrected chi connectivity index (χ4v) is 1.35. The SMILES string of the molecule is CCC(N)c1ccc([N+](=O)[O-])c(C)c1. The number of nitro groups is 1. The summed E-state index contributed by atoms with van der Waals surface area (Å²) < 4.78 is 0. The van der Waals surface area contributed by atoms with Gasteiger partial charge in [0.1, 0.15) is 0 Å². The molecule has 4 nitrogen and oxygen atoms in total. The van der Waals surface area contributed by atoms with E-state index in [1.807, 2.05) is 6.92 Å². The van der Waals surface area contributed by atoms with Crippen LogP contribution in [-0.4, -0.2) is 4.92 Å². The van der Waals surface area contributed by atoms with E-state index in [2.05, 4.69) is 0 Å². The van der Waals surface area contributed by atoms with Gasteiger partial charge in [0.2, 0.25) is 0 Å². The third kappa shape index (κ3) is 2.09. The van der Waals surface area contributed by atoms with Crippen molar-refractivity contribution in [1.29, 1.82) is 0 Å². The quantitative estimate of drug-likeness (QED) is 0.593. The van der Waals surface area contributed by atoms with Gasteiger partial charge in [-0.25, -0.2) is 0 Å². The van der Waals surface area contributed by atoms with Gasteiger partial charge < -0.3 is 5.73 Å². The fraction of sp³-hybridized carbons (Fsp3) is 0.400. The summed E-state index contributed by atoms with van der Waals surface area (Å²) in [5, 5.41) is 10.5. The molecule has 0 aromatic heterocycles. The molecule has 4 heteroatoms. The van der Waals surface area contributed by atoms with Gasteiger partial charge in [0, 0.05) is 17.7 Å². The maximum atomic E-state index is 10.5. The van der Waals surface area contributed by atoms with Crippen molar-refractivity contribution in [2.45, 2.75) is 26.3 Å². The molecule has 1 unspecified atom stereocenters. The van der Waals surface area contributed by atoms with Gasteiger partial charge in [0.25, 0.3) is 5.69 Å². The van der Waals surface area contributed by atoms with Gasteiger partial charge in [0.15, 0.2) is 0 Å². The number of aryl methyl sites for hydroxylation is 1. The number of benzene rings is 1. The maximum absolute atomic E-state index is 10.5. The first-order chi connectivity index (χ1) is 6.56. The average Bonchev–Trinajstić information content (AvgIpc) is 2.15. The average molecular weight is 194 g/mol. The van der Waals surface area contributed by atoms with Crippen molar-refractivity contribution in [2.75, 3.05) is 0 Å². The molecule has 0 aliphatic carbocycles. The molecule has 0 saturated carbocycles. The molecule has 0 aliphatic rings. The minimum atomic E-state index is -0.378. The minimum Gasteiger partial charge on any atom is -0.324 e. The zero-order valence-electron chi connectivity index (χ0n) is 8.36. The Balaban J connectivity index is 3.06. The molecule has 0 radical (unpaired) electrons. The van der Waals surface area contributed by atoms with Crippen LogP contribution >= 0.6 is 0 Å². The second-order valence-corrected chi connectivity index (χ2v) is 3.32. The van der Waals surface area contributed by atoms with Crippen LogP contribution in [0.1, 0.15) is 30.5 Å². The molecule has 1 aromatic rings. The van der Waals surface area contributed by atoms with E-state index in [1.54, 1.807) is 19.1 Å². The van der Waals surface area contributed by atoms with E-state index in [9.17, 15) is 10.1 Å². The summed E-state index contributed by atoms with van der Waals surface area (Å²) in [7, 11) is 0. The molecule has 0 heterocycles. The predicted molar refractivity (Wildman–Crippen MR) is 55.1 cm³/mol. The topological polar surface area (TPSA) is 69.2 Å². The van der Waals surface area contributed by atoms with E-state index >= 15 is 0 Å². The summed E-state index contributed by atoms with van der Waals surface area (Å²) in [5.41, 5.74) is 7.59. The minimum absolute atomic E-state index is 0.0329. The zero-order valence-corrected chi connectivity index (χ0v) is 8.36. The Morgan fingerprint density at radius 1 is 1.57 bits per heavy atom. The molecular weight excluding hydrogens is 180 g/mol. The Morgan fingerprint density at radius 2 is 2.21 bits per heavy atom. The van der Waals surface area contributed by atoms with Gasteiger partial charge in [-0.05, 0) is 25.0 Å². The van der Waals surface area contributed by atoms with E-state index in [4.69, 9.17) is 5.73 Å². The summed E-state index contributed by atoms with van der Waals surface area (Å²) >= 11 is 0. The van der Waals surface area contributed by atoms with Crippen molar-refractivity contribution in [3.63, 3.8) is 0 Å². The van der Waals surface area contributed by atoms with Crippen LogP contribution in [0.25, 0.3) is 0 Å². The van der Waals surface area contributed by atoms with Gasteiger partial charge in [-0.3, -0.25) is 10.1 Å². The Bertz CT molecular complexity index is 350. The van der Waals surface area contributed by atoms with Crippen LogP contribution < -0.4 is 5.73 Å². The molecular formula is C10H14N2O2. The number of nitrogens with two attached hydrogens (primary N) is 1. The van der Waals surface area contributed by atoms with Crippen molar-refractivity contribution < 1.29 is 4.92 Å². The van der Waals surface area contributed by atoms with Crippen LogP contribution in [0.5, 0.6) is 0 Å². The Hall–Kier alpha value is -1.42. The van der Waals surface area contributed by atoms with E-state index < -0.39 is 0 Å². The van der Waals surface area contributed by atoms with E-state index in [0.29, 0.717) is 5.56 Å². The molecule has 76 valence electrons. The summed E-state index contributed by atoms with van der Waals surface area (Å²) in [6.45, 7) is 3.71. The van der Waals surface area contributed by atoms with E-state index in [1.165, 1.54) is 6.07 Å². The van der Waals surface area contributed by atoms with Gasteiger partial charge in [-0.2, -0.15) is 0 Å². The molecule has 1 atom stereocenters. The highest BCUT2D eigenvalue weighted by Gasteiger charge is 2.12. The molecule has 0 saturated heterocycles. The molecule has 0 amide bonds. The smallest absolute Gasteiger partial charge is 0.272 e. The van der Waals surface area contributed by atoms with Crippen LogP contribution in [0.4, 0.5) is 5.69 Å². The molecule has 1 aromatic carbocycles. The number of hydrogen-bond donors (Lipinski definition) is 1. The molecule has 1 rings (SSSR count). The number of nitrogens with zero attached hydrogens (tertiary/aromatic N) is 1. The van der Waals surface area contributed by atoms with Gasteiger partial charge >= 0.3 is 0 Å². The third-order valence-corrected chi connectivity index (χ3v) is 2.29. The zero-order chi connectivity index (χ0) is 10.7. The lowest BCUT2D eigenvalue weighted by Gasteiger charge is -2.09. The standard InChI is InChI=1S/C10H14N2O2/c1-3-9(11)8-4-5-10(12(13)14)7(2)6-8/h4-6,9H,3,11H2,1-2H3. The number of rotatable bonds is 3. The summed E-state index contributed by atoms with van der Waals surface area (Å²) in [6.07, 6.45) is 0.831. The molecule has 0 aliphatic heterocycles. The highest BCUT2D eigenvalue weighted by atomic mass is 16.6. The normalized spacial score (nSPS) is 12.5. The lowest BCUT2D eigenvalue weighted by Crippen LogP contribution is -2.08. The first kappa shape index (κ1) is 10.7. The first-order valence-corrected chi connectivity index (χ1v) is 4.56. The first-order valence-electron chi connectivity index (χ1n) is 4.56. The van der Waals surface area contributed by atoms with Gasteiger partial charge in [-0.1, -0.05) is 13.0 Å². The fourth-order valence-electron chi connectivity index (χ4n) is 1.35. The lowest BCUT2D eigenvalue weighted by molar-refractivity contribution is -0.385. The molecule has 14 heavy (non-hydrogen) atoms. The van der Waals surface area contributed by atoms with Crippen molar-refractivity contribution in [1.82, 2.24) is 0 Å². The third-order valence-electron chi connectivity index (χ3n) is 2.29. The Labute approximate surface area is 82.9 Å². The Kier molecular flexibility index (Phi) is 3.19. The summed E-state index contributed by atoms with van der Waals surface area (Å²) in [6, 6.07) is 4.99. The highest BCUT2D eigenvalue weighted by Crippen LogP contribution is 2.22. The van der Waals surface area contributed by atoms with E-state index in [-0.39, 0.29) is 16.7 Å². The second-order valence-electron chi connectivity index (χ2n) is 3.32. The predicted octanol–water partition coefficient (Wildman–Crippen LogP) is 2.31. The second kappa shape index (κ2) is 4.19. The van der Waals surface area contributed by atoms with Crippen molar-refractivity contribution in [2.24, 2.45) is 5.73 Å². The van der Waals surface area contributed by atoms with Crippen LogP contribution in [0.3, 0.4) is 0 Å². The van der Waals surface area contributed by atoms with Crippen LogP contribution in [0.2, 0.25) is 0 Å². The van der Waals surface area contributed by atoms with Crippen molar-refractivity contribution in [3.05, 3.63) is 39.4 Å². The molecule has 0 spiro atoms. The van der Waals surface area contributed by atoms with Gasteiger partial charge in [-0.15, -0.1) is 0 Å². The number of hydrogen-bond acceptors (Lipinski definition) is 3. The highest BCUT2D eigenvalue weighted by molar-refractivity contribution is 5.42. The van der Waals surface area contributed by atoms with Gasteiger partial charge in [0.05, 0.1) is 4.92 Å². The maximum Gasteiger partial charge on any atom is 0.272 e. The molecule has 0 bridgehead atoms. The summed E-state index contributed by atoms with van der Waals surface area (Å²) in [5.74, 6) is 0. The summed E-state index contributed by atoms with van der Waals surface area (Å²) in [4.78, 5) is 10.2. The molecule has 2 N–H and O–H groups in total. The van der Waals surface area contributed by atoms with Crippen molar-refractivity contribution >= 4 is 5.69 Å². The number of nitro benzene ring substituents is 1. The van der Waals surface area contributed by atoms with Crippen LogP contribution in [0.15, 0.2) is 18.2 Å². The van der Waals surface area contributed by atoms with Crippen LogP contribution in [0, 0.1) is 17.0 Å². The molecule has 0 fully saturated rings. The van der Waals surface area contributed by atoms with E-state index in [0.717, 1.165) is 12.0 Å². The lowest BCUT2D eigenvalue weighted by atomic mass is 10.0. The van der Waals surface area contributed by atoms with Crippen molar-refractivity contribution in [3.8, 4) is 0 Å². The Morgan fingerprint density at radius 3 is 2.64 bits per heavy atom. The monoisotopic (exact) mass is 194 g/mol.